The van der Waals surface area contributed by atoms with Crippen molar-refractivity contribution < 1.29 is 0 Å². The van der Waals surface area contributed by atoms with E-state index < -0.39 is 0 Å². The highest BCUT2D eigenvalue weighted by atomic mass is 14.9. The van der Waals surface area contributed by atoms with Crippen LogP contribution in [0.4, 0.5) is 0 Å². The molecule has 2 aromatic heterocycles. The number of hydrogen-bond donors (Lipinski definition) is 0. The van der Waals surface area contributed by atoms with E-state index in [0.717, 1.165) is 67.3 Å². The van der Waals surface area contributed by atoms with Crippen molar-refractivity contribution in [3.8, 4) is 79.4 Å². The molecule has 0 amide bonds. The lowest BCUT2D eigenvalue weighted by atomic mass is 9.92. The van der Waals surface area contributed by atoms with Crippen molar-refractivity contribution in [3.05, 3.63) is 181 Å². The van der Waals surface area contributed by atoms with Gasteiger partial charge in [0.1, 0.15) is 22.1 Å². The SMILES string of the molecule is N#Cc1ccc(-c2c3nc(-c4ccccc4)c(-c4ccccc4)nc3c(-c3ccc(C#N)cc3)c3nc(-c4ccccc4)c(-c4ccccc4)nc23)cc1. The van der Waals surface area contributed by atoms with E-state index in [1.165, 1.54) is 0 Å². The number of rotatable bonds is 6. The molecule has 0 N–H and O–H groups in total. The molecule has 2 heterocycles. The maximum Gasteiger partial charge on any atom is 0.100 e. The molecule has 250 valence electrons. The van der Waals surface area contributed by atoms with E-state index in [2.05, 4.69) is 12.1 Å². The summed E-state index contributed by atoms with van der Waals surface area (Å²) in [6.45, 7) is 0. The molecule has 0 aliphatic carbocycles. The van der Waals surface area contributed by atoms with Gasteiger partial charge in [0, 0.05) is 33.4 Å². The lowest BCUT2D eigenvalue weighted by Crippen LogP contribution is -2.04. The summed E-state index contributed by atoms with van der Waals surface area (Å²) < 4.78 is 0. The first kappa shape index (κ1) is 32.1. The van der Waals surface area contributed by atoms with Crippen molar-refractivity contribution in [1.82, 2.24) is 19.9 Å². The van der Waals surface area contributed by atoms with Gasteiger partial charge in [0.25, 0.3) is 0 Å². The normalized spacial score (nSPS) is 10.9. The van der Waals surface area contributed by atoms with Gasteiger partial charge >= 0.3 is 0 Å². The maximum absolute atomic E-state index is 9.73. The summed E-state index contributed by atoms with van der Waals surface area (Å²) in [5.74, 6) is 0. The molecule has 0 radical (unpaired) electrons. The lowest BCUT2D eigenvalue weighted by molar-refractivity contribution is 1.27. The Morgan fingerprint density at radius 2 is 0.519 bits per heavy atom. The highest BCUT2D eigenvalue weighted by Crippen LogP contribution is 2.45. The summed E-state index contributed by atoms with van der Waals surface area (Å²) in [7, 11) is 0. The molecule has 9 rings (SSSR count). The average Bonchev–Trinajstić information content (AvgIpc) is 3.26. The van der Waals surface area contributed by atoms with Crippen LogP contribution in [0.1, 0.15) is 11.1 Å². The highest BCUT2D eigenvalue weighted by Gasteiger charge is 2.26. The first-order chi connectivity index (χ1) is 26.7. The molecule has 7 aromatic carbocycles. The number of benzene rings is 7. The molecule has 6 nitrogen and oxygen atoms in total. The summed E-state index contributed by atoms with van der Waals surface area (Å²) >= 11 is 0. The fourth-order valence-electron chi connectivity index (χ4n) is 6.95. The van der Waals surface area contributed by atoms with Gasteiger partial charge < -0.3 is 0 Å². The predicted octanol–water partition coefficient (Wildman–Crippen LogP) is 11.3. The molecule has 0 saturated heterocycles. The van der Waals surface area contributed by atoms with Gasteiger partial charge in [-0.15, -0.1) is 0 Å². The Bertz CT molecular complexity index is 2550. The van der Waals surface area contributed by atoms with Crippen LogP contribution in [-0.2, 0) is 0 Å². The Labute approximate surface area is 312 Å². The number of nitriles is 2. The van der Waals surface area contributed by atoms with E-state index in [4.69, 9.17) is 19.9 Å². The van der Waals surface area contributed by atoms with Crippen molar-refractivity contribution in [2.45, 2.75) is 0 Å². The quantitative estimate of drug-likeness (QED) is 0.161. The molecule has 0 bridgehead atoms. The molecule has 0 fully saturated rings. The lowest BCUT2D eigenvalue weighted by Gasteiger charge is -2.20. The largest absolute Gasteiger partial charge is 0.243 e. The Morgan fingerprint density at radius 1 is 0.278 bits per heavy atom. The maximum atomic E-state index is 9.73. The fraction of sp³-hybridized carbons (Fsp3) is 0. The molecular weight excluding hydrogens is 661 g/mol. The Hall–Kier alpha value is -7.80. The van der Waals surface area contributed by atoms with Crippen LogP contribution in [0, 0.1) is 22.7 Å². The molecule has 0 aliphatic rings. The first-order valence-electron chi connectivity index (χ1n) is 17.5. The smallest absolute Gasteiger partial charge is 0.100 e. The van der Waals surface area contributed by atoms with E-state index in [1.807, 2.05) is 170 Å². The minimum Gasteiger partial charge on any atom is -0.243 e. The third kappa shape index (κ3) is 5.71. The minimum absolute atomic E-state index is 0.548. The molecule has 0 aliphatic heterocycles. The molecule has 0 atom stereocenters. The summed E-state index contributed by atoms with van der Waals surface area (Å²) in [6, 6.07) is 59.9. The Kier molecular flexibility index (Phi) is 8.17. The summed E-state index contributed by atoms with van der Waals surface area (Å²) in [5.41, 5.74) is 13.5. The van der Waals surface area contributed by atoms with Gasteiger partial charge in [-0.05, 0) is 35.4 Å². The van der Waals surface area contributed by atoms with Gasteiger partial charge in [-0.3, -0.25) is 0 Å². The van der Waals surface area contributed by atoms with Gasteiger partial charge in [-0.1, -0.05) is 146 Å². The minimum atomic E-state index is 0.548. The molecule has 6 heteroatoms. The van der Waals surface area contributed by atoms with Crippen LogP contribution in [0.25, 0.3) is 89.4 Å². The monoisotopic (exact) mass is 688 g/mol. The van der Waals surface area contributed by atoms with E-state index in [9.17, 15) is 10.5 Å². The molecular formula is C48H28N6. The zero-order chi connectivity index (χ0) is 36.4. The van der Waals surface area contributed by atoms with Gasteiger partial charge in [0.15, 0.2) is 0 Å². The van der Waals surface area contributed by atoms with E-state index >= 15 is 0 Å². The third-order valence-corrected chi connectivity index (χ3v) is 9.53. The highest BCUT2D eigenvalue weighted by molar-refractivity contribution is 6.18. The fourth-order valence-corrected chi connectivity index (χ4v) is 6.95. The Morgan fingerprint density at radius 3 is 0.741 bits per heavy atom. The number of aromatic nitrogens is 4. The van der Waals surface area contributed by atoms with Crippen LogP contribution in [0.3, 0.4) is 0 Å². The van der Waals surface area contributed by atoms with Gasteiger partial charge in [-0.2, -0.15) is 10.5 Å². The van der Waals surface area contributed by atoms with Crippen LogP contribution in [0.15, 0.2) is 170 Å². The van der Waals surface area contributed by atoms with Crippen molar-refractivity contribution in [3.63, 3.8) is 0 Å². The van der Waals surface area contributed by atoms with Crippen LogP contribution >= 0.6 is 0 Å². The molecule has 54 heavy (non-hydrogen) atoms. The van der Waals surface area contributed by atoms with E-state index in [-0.39, 0.29) is 0 Å². The number of nitrogens with zero attached hydrogens (tertiary/aromatic N) is 6. The van der Waals surface area contributed by atoms with Gasteiger partial charge in [0.05, 0.1) is 46.0 Å². The second-order valence-electron chi connectivity index (χ2n) is 12.8. The third-order valence-electron chi connectivity index (χ3n) is 9.53. The summed E-state index contributed by atoms with van der Waals surface area (Å²) in [6.07, 6.45) is 0. The first-order valence-corrected chi connectivity index (χ1v) is 17.5. The van der Waals surface area contributed by atoms with Crippen LogP contribution in [-0.4, -0.2) is 19.9 Å². The van der Waals surface area contributed by atoms with Crippen molar-refractivity contribution in [2.24, 2.45) is 0 Å². The van der Waals surface area contributed by atoms with Crippen molar-refractivity contribution >= 4 is 22.1 Å². The topological polar surface area (TPSA) is 99.1 Å². The molecule has 0 spiro atoms. The van der Waals surface area contributed by atoms with E-state index in [1.54, 1.807) is 0 Å². The number of hydrogen-bond acceptors (Lipinski definition) is 6. The van der Waals surface area contributed by atoms with Crippen LogP contribution in [0.2, 0.25) is 0 Å². The Balaban J connectivity index is 1.53. The molecule has 9 aromatic rings. The second-order valence-corrected chi connectivity index (χ2v) is 12.8. The standard InChI is InChI=1S/C48H28N6/c49-29-31-21-25-33(26-22-31)39-45-46(52-42(36-15-7-2-8-16-36)41(51-45)35-13-5-1-6-14-35)40(34-27-23-32(30-50)24-28-34)48-47(39)53-43(37-17-9-3-10-18-37)44(54-48)38-19-11-4-12-20-38/h1-28H. The van der Waals surface area contributed by atoms with Crippen LogP contribution < -0.4 is 0 Å². The summed E-state index contributed by atoms with van der Waals surface area (Å²) in [5, 5.41) is 19.5. The van der Waals surface area contributed by atoms with E-state index in [0.29, 0.717) is 33.2 Å². The molecule has 0 unspecified atom stereocenters. The zero-order valence-electron chi connectivity index (χ0n) is 28.8. The van der Waals surface area contributed by atoms with Gasteiger partial charge in [-0.25, -0.2) is 19.9 Å². The van der Waals surface area contributed by atoms with Crippen molar-refractivity contribution in [1.29, 1.82) is 10.5 Å². The van der Waals surface area contributed by atoms with Gasteiger partial charge in [0.2, 0.25) is 0 Å². The summed E-state index contributed by atoms with van der Waals surface area (Å²) in [4.78, 5) is 22.2. The molecule has 0 saturated carbocycles. The zero-order valence-corrected chi connectivity index (χ0v) is 28.8. The van der Waals surface area contributed by atoms with Crippen LogP contribution in [0.5, 0.6) is 0 Å². The number of fused-ring (bicyclic) bond motifs is 2. The second kappa shape index (κ2) is 13.7. The predicted molar refractivity (Wildman–Crippen MR) is 215 cm³/mol. The average molecular weight is 689 g/mol. The van der Waals surface area contributed by atoms with Crippen molar-refractivity contribution in [2.75, 3.05) is 0 Å².